The Kier molecular flexibility index (Phi) is 6.36. The maximum Gasteiger partial charge on any atom is 0.256 e. The molecule has 1 fully saturated rings. The molecule has 1 aliphatic rings. The quantitative estimate of drug-likeness (QED) is 0.610. The molecule has 3 N–H and O–H groups in total. The molecule has 0 aliphatic carbocycles. The van der Waals surface area contributed by atoms with Gasteiger partial charge in [-0.2, -0.15) is 4.98 Å². The van der Waals surface area contributed by atoms with E-state index in [1.165, 1.54) is 30.5 Å². The van der Waals surface area contributed by atoms with Crippen LogP contribution in [0.4, 0.5) is 26.2 Å². The van der Waals surface area contributed by atoms with E-state index in [0.717, 1.165) is 0 Å². The minimum Gasteiger partial charge on any atom is -0.383 e. The molecule has 0 radical (unpaired) electrons. The van der Waals surface area contributed by atoms with E-state index < -0.39 is 11.7 Å². The number of rotatable bonds is 5. The molecule has 2 aromatic carbocycles. The van der Waals surface area contributed by atoms with Crippen LogP contribution in [0.5, 0.6) is 0 Å². The summed E-state index contributed by atoms with van der Waals surface area (Å²) in [6.07, 6.45) is 1.38. The van der Waals surface area contributed by atoms with Crippen LogP contribution in [0, 0.1) is 11.6 Å². The van der Waals surface area contributed by atoms with Crippen molar-refractivity contribution < 1.29 is 13.6 Å². The topological polar surface area (TPSA) is 87.4 Å². The highest BCUT2D eigenvalue weighted by Gasteiger charge is 2.22. The first kappa shape index (κ1) is 21.8. The van der Waals surface area contributed by atoms with Gasteiger partial charge in [-0.15, -0.1) is 0 Å². The molecule has 0 saturated carbocycles. The molecule has 32 heavy (non-hydrogen) atoms. The number of halogens is 3. The molecule has 166 valence electrons. The van der Waals surface area contributed by atoms with Crippen molar-refractivity contribution in [2.45, 2.75) is 6.54 Å². The maximum atomic E-state index is 14.0. The molecule has 0 bridgehead atoms. The number of carbonyl (C=O) groups excluding carboxylic acids is 1. The Morgan fingerprint density at radius 1 is 1.06 bits per heavy atom. The highest BCUT2D eigenvalue weighted by atomic mass is 35.5. The normalized spacial score (nSPS) is 13.8. The van der Waals surface area contributed by atoms with Crippen LogP contribution in [-0.4, -0.2) is 42.1 Å². The Morgan fingerprint density at radius 2 is 1.78 bits per heavy atom. The van der Waals surface area contributed by atoms with Crippen molar-refractivity contribution in [3.63, 3.8) is 0 Å². The number of amides is 1. The van der Waals surface area contributed by atoms with E-state index in [2.05, 4.69) is 15.3 Å². The molecule has 0 unspecified atom stereocenters. The number of carbonyl (C=O) groups is 1. The number of anilines is 3. The molecule has 4 rings (SSSR count). The van der Waals surface area contributed by atoms with Crippen LogP contribution in [0.25, 0.3) is 0 Å². The minimum atomic E-state index is -0.523. The van der Waals surface area contributed by atoms with Crippen LogP contribution < -0.4 is 20.9 Å². The van der Waals surface area contributed by atoms with E-state index in [9.17, 15) is 13.6 Å². The molecule has 3 aromatic rings. The van der Waals surface area contributed by atoms with Gasteiger partial charge in [-0.1, -0.05) is 29.8 Å². The number of aromatic nitrogens is 2. The second kappa shape index (κ2) is 9.35. The Hall–Kier alpha value is -3.46. The van der Waals surface area contributed by atoms with Crippen molar-refractivity contribution >= 4 is 35.0 Å². The standard InChI is InChI=1S/C22H21ClF2N6O/c23-16-11-14(5-6-17(16)24)12-27-21(32)15-13-28-22(29-20(15)26)31-9-7-30(8-10-31)19-4-2-1-3-18(19)25/h1-6,11,13H,7-10,12H2,(H,27,32)(H2,26,28,29). The summed E-state index contributed by atoms with van der Waals surface area (Å²) in [5.74, 6) is -0.748. The molecule has 2 heterocycles. The number of para-hydroxylation sites is 1. The highest BCUT2D eigenvalue weighted by molar-refractivity contribution is 6.30. The third kappa shape index (κ3) is 4.72. The summed E-state index contributed by atoms with van der Waals surface area (Å²) in [6.45, 7) is 2.53. The zero-order valence-electron chi connectivity index (χ0n) is 17.1. The van der Waals surface area contributed by atoms with Gasteiger partial charge in [0.2, 0.25) is 5.95 Å². The Balaban J connectivity index is 1.37. The lowest BCUT2D eigenvalue weighted by Crippen LogP contribution is -2.47. The van der Waals surface area contributed by atoms with E-state index >= 15 is 0 Å². The molecule has 1 saturated heterocycles. The first-order valence-electron chi connectivity index (χ1n) is 10.0. The van der Waals surface area contributed by atoms with Gasteiger partial charge < -0.3 is 20.9 Å². The Bertz CT molecular complexity index is 1140. The lowest BCUT2D eigenvalue weighted by molar-refractivity contribution is 0.0951. The van der Waals surface area contributed by atoms with Crippen LogP contribution in [0.1, 0.15) is 15.9 Å². The molecular formula is C22H21ClF2N6O. The van der Waals surface area contributed by atoms with E-state index in [0.29, 0.717) is 43.4 Å². The van der Waals surface area contributed by atoms with Crippen LogP contribution >= 0.6 is 11.6 Å². The van der Waals surface area contributed by atoms with Crippen molar-refractivity contribution in [2.75, 3.05) is 41.7 Å². The smallest absolute Gasteiger partial charge is 0.256 e. The first-order chi connectivity index (χ1) is 15.4. The third-order valence-corrected chi connectivity index (χ3v) is 5.53. The Morgan fingerprint density at radius 3 is 2.47 bits per heavy atom. The van der Waals surface area contributed by atoms with Gasteiger partial charge >= 0.3 is 0 Å². The van der Waals surface area contributed by atoms with Crippen LogP contribution in [-0.2, 0) is 6.54 Å². The van der Waals surface area contributed by atoms with Crippen LogP contribution in [0.2, 0.25) is 5.02 Å². The number of piperazine rings is 1. The molecule has 0 atom stereocenters. The Labute approximate surface area is 188 Å². The number of nitrogens with zero attached hydrogens (tertiary/aromatic N) is 4. The summed E-state index contributed by atoms with van der Waals surface area (Å²) in [5, 5.41) is 2.68. The molecule has 10 heteroatoms. The van der Waals surface area contributed by atoms with Gasteiger partial charge in [0.25, 0.3) is 5.91 Å². The number of hydrogen-bond acceptors (Lipinski definition) is 6. The monoisotopic (exact) mass is 458 g/mol. The number of benzene rings is 2. The highest BCUT2D eigenvalue weighted by Crippen LogP contribution is 2.22. The zero-order chi connectivity index (χ0) is 22.7. The number of nitrogens with one attached hydrogen (secondary N) is 1. The fourth-order valence-electron chi connectivity index (χ4n) is 3.50. The van der Waals surface area contributed by atoms with Gasteiger partial charge in [-0.05, 0) is 29.8 Å². The first-order valence-corrected chi connectivity index (χ1v) is 10.4. The maximum absolute atomic E-state index is 14.0. The van der Waals surface area contributed by atoms with Gasteiger partial charge in [0, 0.05) is 38.9 Å². The van der Waals surface area contributed by atoms with Crippen molar-refractivity contribution in [1.82, 2.24) is 15.3 Å². The van der Waals surface area contributed by atoms with Crippen molar-refractivity contribution in [1.29, 1.82) is 0 Å². The van der Waals surface area contributed by atoms with E-state index in [1.54, 1.807) is 12.1 Å². The van der Waals surface area contributed by atoms with Crippen LogP contribution in [0.3, 0.4) is 0 Å². The van der Waals surface area contributed by atoms with E-state index in [1.807, 2.05) is 15.9 Å². The summed E-state index contributed by atoms with van der Waals surface area (Å²) in [6, 6.07) is 10.9. The summed E-state index contributed by atoms with van der Waals surface area (Å²) >= 11 is 5.76. The predicted octanol–water partition coefficient (Wildman–Crippen LogP) is 3.25. The lowest BCUT2D eigenvalue weighted by atomic mass is 10.2. The summed E-state index contributed by atoms with van der Waals surface area (Å²) in [5.41, 5.74) is 7.37. The lowest BCUT2D eigenvalue weighted by Gasteiger charge is -2.36. The molecule has 7 nitrogen and oxygen atoms in total. The fraction of sp³-hybridized carbons (Fsp3) is 0.227. The number of nitrogen functional groups attached to an aromatic ring is 1. The molecule has 1 aliphatic heterocycles. The predicted molar refractivity (Wildman–Crippen MR) is 120 cm³/mol. The molecule has 1 amide bonds. The van der Waals surface area contributed by atoms with Crippen molar-refractivity contribution in [3.8, 4) is 0 Å². The zero-order valence-corrected chi connectivity index (χ0v) is 17.8. The second-order valence-corrected chi connectivity index (χ2v) is 7.73. The fourth-order valence-corrected chi connectivity index (χ4v) is 3.70. The van der Waals surface area contributed by atoms with E-state index in [4.69, 9.17) is 17.3 Å². The van der Waals surface area contributed by atoms with Gasteiger partial charge in [0.1, 0.15) is 17.5 Å². The minimum absolute atomic E-state index is 0.0148. The second-order valence-electron chi connectivity index (χ2n) is 7.33. The van der Waals surface area contributed by atoms with Gasteiger partial charge in [-0.3, -0.25) is 4.79 Å². The van der Waals surface area contributed by atoms with Crippen molar-refractivity contribution in [3.05, 3.63) is 76.4 Å². The summed E-state index contributed by atoms with van der Waals surface area (Å²) < 4.78 is 27.3. The van der Waals surface area contributed by atoms with Gasteiger partial charge in [-0.25, -0.2) is 13.8 Å². The largest absolute Gasteiger partial charge is 0.383 e. The molecular weight excluding hydrogens is 438 g/mol. The van der Waals surface area contributed by atoms with Crippen LogP contribution in [0.15, 0.2) is 48.7 Å². The summed E-state index contributed by atoms with van der Waals surface area (Å²) in [7, 11) is 0. The van der Waals surface area contributed by atoms with Gasteiger partial charge in [0.15, 0.2) is 0 Å². The third-order valence-electron chi connectivity index (χ3n) is 5.24. The molecule has 0 spiro atoms. The van der Waals surface area contributed by atoms with E-state index in [-0.39, 0.29) is 28.8 Å². The van der Waals surface area contributed by atoms with Gasteiger partial charge in [0.05, 0.1) is 16.3 Å². The molecule has 1 aromatic heterocycles. The number of nitrogens with two attached hydrogens (primary N) is 1. The summed E-state index contributed by atoms with van der Waals surface area (Å²) in [4.78, 5) is 25.0. The SMILES string of the molecule is Nc1nc(N2CCN(c3ccccc3F)CC2)ncc1C(=O)NCc1ccc(F)c(Cl)c1. The van der Waals surface area contributed by atoms with Crippen molar-refractivity contribution in [2.24, 2.45) is 0 Å². The average molecular weight is 459 g/mol. The average Bonchev–Trinajstić information content (AvgIpc) is 2.80. The number of hydrogen-bond donors (Lipinski definition) is 2.